The second kappa shape index (κ2) is 4.49. The molecule has 3 heteroatoms. The molecule has 2 unspecified atom stereocenters. The van der Waals surface area contributed by atoms with E-state index in [1.54, 1.807) is 0 Å². The SMILES string of the molecule is ClN1C(c2ccccc2)NC1c1ccccc1. The summed E-state index contributed by atoms with van der Waals surface area (Å²) < 4.78 is 1.82. The predicted molar refractivity (Wildman–Crippen MR) is 69.2 cm³/mol. The van der Waals surface area contributed by atoms with Gasteiger partial charge in [0.15, 0.2) is 0 Å². The van der Waals surface area contributed by atoms with E-state index >= 15 is 0 Å². The highest BCUT2D eigenvalue weighted by atomic mass is 35.5. The summed E-state index contributed by atoms with van der Waals surface area (Å²) in [5.74, 6) is 0. The van der Waals surface area contributed by atoms with Crippen molar-refractivity contribution >= 4 is 11.8 Å². The van der Waals surface area contributed by atoms with E-state index in [4.69, 9.17) is 11.8 Å². The lowest BCUT2D eigenvalue weighted by atomic mass is 10.0. The molecule has 1 fully saturated rings. The lowest BCUT2D eigenvalue weighted by molar-refractivity contribution is 0.0607. The first kappa shape index (κ1) is 10.8. The van der Waals surface area contributed by atoms with Gasteiger partial charge < -0.3 is 0 Å². The van der Waals surface area contributed by atoms with Crippen molar-refractivity contribution in [2.75, 3.05) is 0 Å². The monoisotopic (exact) mass is 244 g/mol. The van der Waals surface area contributed by atoms with Gasteiger partial charge in [0.2, 0.25) is 0 Å². The summed E-state index contributed by atoms with van der Waals surface area (Å²) in [6.45, 7) is 0. The number of hydrogen-bond donors (Lipinski definition) is 1. The van der Waals surface area contributed by atoms with Crippen LogP contribution in [0, 0.1) is 0 Å². The highest BCUT2D eigenvalue weighted by Gasteiger charge is 2.38. The van der Waals surface area contributed by atoms with Crippen LogP contribution in [0.5, 0.6) is 0 Å². The van der Waals surface area contributed by atoms with Crippen molar-refractivity contribution < 1.29 is 0 Å². The van der Waals surface area contributed by atoms with Gasteiger partial charge in [-0.1, -0.05) is 60.7 Å². The van der Waals surface area contributed by atoms with Crippen molar-refractivity contribution in [2.24, 2.45) is 0 Å². The van der Waals surface area contributed by atoms with Gasteiger partial charge in [-0.3, -0.25) is 5.32 Å². The molecule has 3 rings (SSSR count). The van der Waals surface area contributed by atoms with E-state index in [-0.39, 0.29) is 12.3 Å². The first-order valence-electron chi connectivity index (χ1n) is 5.66. The molecule has 0 amide bonds. The molecular weight excluding hydrogens is 232 g/mol. The Morgan fingerprint density at radius 1 is 0.765 bits per heavy atom. The van der Waals surface area contributed by atoms with Gasteiger partial charge >= 0.3 is 0 Å². The van der Waals surface area contributed by atoms with Crippen LogP contribution in [0.2, 0.25) is 0 Å². The highest BCUT2D eigenvalue weighted by Crippen LogP contribution is 2.39. The number of rotatable bonds is 2. The average molecular weight is 245 g/mol. The summed E-state index contributed by atoms with van der Waals surface area (Å²) in [5.41, 5.74) is 2.38. The maximum Gasteiger partial charge on any atom is 0.104 e. The van der Waals surface area contributed by atoms with Crippen LogP contribution in [0.4, 0.5) is 0 Å². The Balaban J connectivity index is 1.76. The third-order valence-electron chi connectivity index (χ3n) is 3.04. The maximum absolute atomic E-state index is 6.32. The van der Waals surface area contributed by atoms with Crippen LogP contribution in [-0.2, 0) is 0 Å². The van der Waals surface area contributed by atoms with E-state index in [0.717, 1.165) is 0 Å². The summed E-state index contributed by atoms with van der Waals surface area (Å²) >= 11 is 6.32. The molecule has 1 aliphatic heterocycles. The van der Waals surface area contributed by atoms with Gasteiger partial charge in [0, 0.05) is 0 Å². The van der Waals surface area contributed by atoms with Crippen molar-refractivity contribution in [3.63, 3.8) is 0 Å². The topological polar surface area (TPSA) is 15.3 Å². The van der Waals surface area contributed by atoms with Crippen molar-refractivity contribution in [1.82, 2.24) is 9.74 Å². The third-order valence-corrected chi connectivity index (χ3v) is 3.43. The zero-order valence-corrected chi connectivity index (χ0v) is 10.0. The standard InChI is InChI=1S/C14H13ClN2/c15-17-13(11-7-3-1-4-8-11)16-14(17)12-9-5-2-6-10-12/h1-10,13-14,16H. The van der Waals surface area contributed by atoms with Crippen LogP contribution in [0.15, 0.2) is 60.7 Å². The molecule has 2 nitrogen and oxygen atoms in total. The zero-order chi connectivity index (χ0) is 11.7. The van der Waals surface area contributed by atoms with Gasteiger partial charge in [-0.2, -0.15) is 4.42 Å². The zero-order valence-electron chi connectivity index (χ0n) is 9.25. The smallest absolute Gasteiger partial charge is 0.104 e. The van der Waals surface area contributed by atoms with Crippen LogP contribution in [0.3, 0.4) is 0 Å². The second-order valence-electron chi connectivity index (χ2n) is 4.14. The number of hydrogen-bond acceptors (Lipinski definition) is 2. The minimum atomic E-state index is 0.100. The fourth-order valence-corrected chi connectivity index (χ4v) is 2.44. The normalized spacial score (nSPS) is 24.3. The van der Waals surface area contributed by atoms with Crippen molar-refractivity contribution in [2.45, 2.75) is 12.3 Å². The average Bonchev–Trinajstić information content (AvgIpc) is 2.40. The first-order valence-corrected chi connectivity index (χ1v) is 6.00. The summed E-state index contributed by atoms with van der Waals surface area (Å²) in [6.07, 6.45) is 0.200. The van der Waals surface area contributed by atoms with Crippen LogP contribution in [-0.4, -0.2) is 4.42 Å². The Kier molecular flexibility index (Phi) is 2.85. The Bertz CT molecular complexity index is 441. The van der Waals surface area contributed by atoms with Crippen LogP contribution in [0.1, 0.15) is 23.5 Å². The molecule has 2 aromatic carbocycles. The quantitative estimate of drug-likeness (QED) is 0.815. The molecule has 0 radical (unpaired) electrons. The Morgan fingerprint density at radius 2 is 1.18 bits per heavy atom. The van der Waals surface area contributed by atoms with Crippen molar-refractivity contribution in [1.29, 1.82) is 0 Å². The molecule has 0 spiro atoms. The van der Waals surface area contributed by atoms with Crippen LogP contribution < -0.4 is 5.32 Å². The van der Waals surface area contributed by atoms with E-state index in [0.29, 0.717) is 0 Å². The highest BCUT2D eigenvalue weighted by molar-refractivity contribution is 6.14. The van der Waals surface area contributed by atoms with E-state index in [2.05, 4.69) is 29.6 Å². The van der Waals surface area contributed by atoms with Gasteiger partial charge in [-0.05, 0) is 22.9 Å². The lowest BCUT2D eigenvalue weighted by Crippen LogP contribution is -2.52. The van der Waals surface area contributed by atoms with E-state index in [9.17, 15) is 0 Å². The number of benzene rings is 2. The Labute approximate surface area is 106 Å². The molecule has 1 saturated heterocycles. The molecule has 1 N–H and O–H groups in total. The van der Waals surface area contributed by atoms with Gasteiger partial charge in [-0.25, -0.2) is 0 Å². The van der Waals surface area contributed by atoms with E-state index < -0.39 is 0 Å². The van der Waals surface area contributed by atoms with Gasteiger partial charge in [0.1, 0.15) is 12.3 Å². The molecular formula is C14H13ClN2. The molecule has 1 heterocycles. The molecule has 0 bridgehead atoms. The minimum Gasteiger partial charge on any atom is -0.276 e. The second-order valence-corrected chi connectivity index (χ2v) is 4.53. The van der Waals surface area contributed by atoms with Gasteiger partial charge in [-0.15, -0.1) is 0 Å². The summed E-state index contributed by atoms with van der Waals surface area (Å²) in [7, 11) is 0. The summed E-state index contributed by atoms with van der Waals surface area (Å²) in [4.78, 5) is 0. The Hall–Kier alpha value is -1.35. The third kappa shape index (κ3) is 1.95. The largest absolute Gasteiger partial charge is 0.276 e. The molecule has 2 atom stereocenters. The van der Waals surface area contributed by atoms with Crippen LogP contribution in [0.25, 0.3) is 0 Å². The predicted octanol–water partition coefficient (Wildman–Crippen LogP) is 3.44. The van der Waals surface area contributed by atoms with Gasteiger partial charge in [0.05, 0.1) is 0 Å². The number of nitrogens with one attached hydrogen (secondary N) is 1. The number of halogens is 1. The fraction of sp³-hybridized carbons (Fsp3) is 0.143. The van der Waals surface area contributed by atoms with Crippen LogP contribution >= 0.6 is 11.8 Å². The molecule has 0 saturated carbocycles. The minimum absolute atomic E-state index is 0.100. The fourth-order valence-electron chi connectivity index (χ4n) is 2.11. The van der Waals surface area contributed by atoms with Gasteiger partial charge in [0.25, 0.3) is 0 Å². The summed E-state index contributed by atoms with van der Waals surface area (Å²) in [5, 5.41) is 3.46. The van der Waals surface area contributed by atoms with E-state index in [1.807, 2.05) is 40.8 Å². The molecule has 1 aliphatic rings. The van der Waals surface area contributed by atoms with E-state index in [1.165, 1.54) is 11.1 Å². The van der Waals surface area contributed by atoms with Crippen molar-refractivity contribution in [3.8, 4) is 0 Å². The first-order chi connectivity index (χ1) is 8.36. The lowest BCUT2D eigenvalue weighted by Gasteiger charge is -2.45. The maximum atomic E-state index is 6.32. The Morgan fingerprint density at radius 3 is 1.53 bits per heavy atom. The molecule has 0 aliphatic carbocycles. The number of nitrogens with zero attached hydrogens (tertiary/aromatic N) is 1. The molecule has 86 valence electrons. The summed E-state index contributed by atoms with van der Waals surface area (Å²) in [6, 6.07) is 20.4. The molecule has 17 heavy (non-hydrogen) atoms. The molecule has 0 aromatic heterocycles. The van der Waals surface area contributed by atoms with Crippen molar-refractivity contribution in [3.05, 3.63) is 71.8 Å². The molecule has 2 aromatic rings.